The number of aliphatic carboxylic acids is 1. The molecule has 0 spiro atoms. The predicted octanol–water partition coefficient (Wildman–Crippen LogP) is 5.48. The lowest BCUT2D eigenvalue weighted by Gasteiger charge is -2.17. The Hall–Kier alpha value is -2.87. The molecule has 2 aromatic carbocycles. The molecule has 3 aromatic rings. The van der Waals surface area contributed by atoms with Crippen molar-refractivity contribution >= 4 is 35.1 Å². The van der Waals surface area contributed by atoms with Crippen molar-refractivity contribution in [1.29, 1.82) is 0 Å². The number of carbonyl (C=O) groups is 2. The highest BCUT2D eigenvalue weighted by Gasteiger charge is 2.34. The molecule has 0 aliphatic carbocycles. The van der Waals surface area contributed by atoms with Crippen LogP contribution in [0.3, 0.4) is 0 Å². The third kappa shape index (κ3) is 6.27. The fourth-order valence-corrected chi connectivity index (χ4v) is 4.93. The molecule has 0 saturated carbocycles. The topological polar surface area (TPSA) is 84.7 Å². The summed E-state index contributed by atoms with van der Waals surface area (Å²) in [5.74, 6) is -1.60. The Kier molecular flexibility index (Phi) is 8.67. The van der Waals surface area contributed by atoms with Crippen molar-refractivity contribution in [3.05, 3.63) is 75.4 Å². The molecule has 1 aliphatic heterocycles. The van der Waals surface area contributed by atoms with Crippen molar-refractivity contribution in [3.63, 3.8) is 0 Å². The number of hydrogen-bond acceptors (Lipinski definition) is 4. The maximum atomic E-state index is 13.7. The van der Waals surface area contributed by atoms with E-state index in [4.69, 9.17) is 27.9 Å². The number of unbranched alkanes of at least 4 members (excludes halogenated alkanes) is 1. The Bertz CT molecular complexity index is 1240. The minimum Gasteiger partial charge on any atom is -0.481 e. The molecule has 0 unspecified atom stereocenters. The third-order valence-corrected chi connectivity index (χ3v) is 6.88. The zero-order valence-corrected chi connectivity index (χ0v) is 21.6. The molecule has 36 heavy (non-hydrogen) atoms. The third-order valence-electron chi connectivity index (χ3n) is 6.41. The smallest absolute Gasteiger partial charge is 0.308 e. The molecule has 190 valence electrons. The van der Waals surface area contributed by atoms with Crippen molar-refractivity contribution in [1.82, 2.24) is 14.7 Å². The molecule has 1 aromatic heterocycles. The number of carbonyl (C=O) groups excluding carboxylic acids is 1. The molecule has 9 heteroatoms. The first-order valence-corrected chi connectivity index (χ1v) is 12.7. The Morgan fingerprint density at radius 2 is 1.86 bits per heavy atom. The lowest BCUT2D eigenvalue weighted by molar-refractivity contribution is -0.141. The maximum Gasteiger partial charge on any atom is 0.308 e. The van der Waals surface area contributed by atoms with E-state index < -0.39 is 11.9 Å². The fraction of sp³-hybridized carbons (Fsp3) is 0.370. The van der Waals surface area contributed by atoms with Gasteiger partial charge in [0.25, 0.3) is 5.91 Å². The normalized spacial score (nSPS) is 15.4. The monoisotopic (exact) mass is 529 g/mol. The van der Waals surface area contributed by atoms with Crippen LogP contribution < -0.4 is 0 Å². The van der Waals surface area contributed by atoms with Crippen LogP contribution in [0.15, 0.2) is 48.5 Å². The fourth-order valence-electron chi connectivity index (χ4n) is 4.53. The van der Waals surface area contributed by atoms with Crippen LogP contribution in [0.4, 0.5) is 0 Å². The molecule has 0 bridgehead atoms. The number of aromatic nitrogens is 2. The van der Waals surface area contributed by atoms with Gasteiger partial charge in [-0.25, -0.2) is 0 Å². The van der Waals surface area contributed by atoms with Gasteiger partial charge in [-0.3, -0.25) is 14.3 Å². The van der Waals surface area contributed by atoms with Gasteiger partial charge in [0.05, 0.1) is 23.8 Å². The van der Waals surface area contributed by atoms with Gasteiger partial charge in [-0.05, 0) is 55.5 Å². The first-order valence-electron chi connectivity index (χ1n) is 12.0. The van der Waals surface area contributed by atoms with E-state index in [2.05, 4.69) is 5.10 Å². The van der Waals surface area contributed by atoms with E-state index in [9.17, 15) is 14.7 Å². The number of aryl methyl sites for hydroxylation is 1. The van der Waals surface area contributed by atoms with E-state index in [0.29, 0.717) is 53.9 Å². The van der Waals surface area contributed by atoms with Gasteiger partial charge in [-0.15, -0.1) is 0 Å². The van der Waals surface area contributed by atoms with Crippen LogP contribution in [0.5, 0.6) is 0 Å². The summed E-state index contributed by atoms with van der Waals surface area (Å²) in [5.41, 5.74) is 3.69. The van der Waals surface area contributed by atoms with E-state index in [1.807, 2.05) is 43.4 Å². The van der Waals surface area contributed by atoms with Crippen LogP contribution in [-0.4, -0.2) is 51.4 Å². The summed E-state index contributed by atoms with van der Waals surface area (Å²) < 4.78 is 7.55. The van der Waals surface area contributed by atoms with Gasteiger partial charge in [-0.1, -0.05) is 47.5 Å². The number of ether oxygens (including phenoxy) is 1. The molecule has 1 aliphatic rings. The average molecular weight is 530 g/mol. The van der Waals surface area contributed by atoms with Crippen LogP contribution in [0.25, 0.3) is 11.3 Å². The zero-order valence-electron chi connectivity index (χ0n) is 20.1. The Morgan fingerprint density at radius 1 is 1.11 bits per heavy atom. The van der Waals surface area contributed by atoms with Crippen molar-refractivity contribution < 1.29 is 19.4 Å². The first-order chi connectivity index (χ1) is 17.3. The lowest BCUT2D eigenvalue weighted by Crippen LogP contribution is -2.31. The quantitative estimate of drug-likeness (QED) is 0.351. The summed E-state index contributed by atoms with van der Waals surface area (Å²) in [7, 11) is 1.83. The van der Waals surface area contributed by atoms with Crippen LogP contribution >= 0.6 is 23.2 Å². The molecule has 7 nitrogen and oxygen atoms in total. The Labute approximate surface area is 220 Å². The summed E-state index contributed by atoms with van der Waals surface area (Å²) >= 11 is 12.2. The molecule has 0 radical (unpaired) electrons. The van der Waals surface area contributed by atoms with E-state index in [1.54, 1.807) is 21.7 Å². The number of amides is 1. The highest BCUT2D eigenvalue weighted by atomic mass is 35.5. The first kappa shape index (κ1) is 26.2. The Morgan fingerprint density at radius 3 is 2.56 bits per heavy atom. The van der Waals surface area contributed by atoms with E-state index in [1.165, 1.54) is 0 Å². The molecule has 1 N–H and O–H groups in total. The van der Waals surface area contributed by atoms with Crippen LogP contribution in [-0.2, 0) is 29.6 Å². The second-order valence-corrected chi connectivity index (χ2v) is 9.89. The number of benzene rings is 2. The van der Waals surface area contributed by atoms with Gasteiger partial charge in [0.15, 0.2) is 0 Å². The highest BCUT2D eigenvalue weighted by molar-refractivity contribution is 6.31. The second kappa shape index (κ2) is 11.9. The summed E-state index contributed by atoms with van der Waals surface area (Å²) in [5, 5.41) is 15.3. The summed E-state index contributed by atoms with van der Waals surface area (Å²) in [6, 6.07) is 14.9. The number of nitrogens with zero attached hydrogens (tertiary/aromatic N) is 3. The largest absolute Gasteiger partial charge is 0.481 e. The van der Waals surface area contributed by atoms with Crippen molar-refractivity contribution in [3.8, 4) is 11.3 Å². The standard InChI is InChI=1S/C27H29Cl2N3O4/c1-31-23(10-2-3-13-36-17-18-6-4-8-21(28)14-18)24(25(30-31)19-7-5-9-22(29)15-19)26(33)32-12-11-20(16-32)27(34)35/h4-9,14-15,20H,2-3,10-13,16-17H2,1H3,(H,34,35)/t20-/m0/s1. The number of halogens is 2. The van der Waals surface area contributed by atoms with E-state index in [0.717, 1.165) is 29.7 Å². The highest BCUT2D eigenvalue weighted by Crippen LogP contribution is 2.31. The van der Waals surface area contributed by atoms with Gasteiger partial charge in [0, 0.05) is 42.4 Å². The van der Waals surface area contributed by atoms with Crippen molar-refractivity contribution in [2.45, 2.75) is 32.3 Å². The van der Waals surface area contributed by atoms with Crippen molar-refractivity contribution in [2.75, 3.05) is 19.7 Å². The van der Waals surface area contributed by atoms with Crippen LogP contribution in [0.2, 0.25) is 10.0 Å². The molecular formula is C27H29Cl2N3O4. The molecular weight excluding hydrogens is 501 g/mol. The predicted molar refractivity (Wildman–Crippen MR) is 139 cm³/mol. The maximum absolute atomic E-state index is 13.7. The zero-order chi connectivity index (χ0) is 25.7. The average Bonchev–Trinajstić information content (AvgIpc) is 3.46. The Balaban J connectivity index is 1.47. The molecule has 1 fully saturated rings. The summed E-state index contributed by atoms with van der Waals surface area (Å²) in [6.45, 7) is 1.70. The molecule has 4 rings (SSSR count). The number of rotatable bonds is 10. The van der Waals surface area contributed by atoms with Gasteiger partial charge in [-0.2, -0.15) is 5.10 Å². The van der Waals surface area contributed by atoms with Gasteiger partial charge in [0.1, 0.15) is 5.69 Å². The number of hydrogen-bond donors (Lipinski definition) is 1. The molecule has 1 saturated heterocycles. The van der Waals surface area contributed by atoms with Crippen LogP contribution in [0, 0.1) is 5.92 Å². The van der Waals surface area contributed by atoms with Crippen molar-refractivity contribution in [2.24, 2.45) is 13.0 Å². The van der Waals surface area contributed by atoms with E-state index in [-0.39, 0.29) is 12.5 Å². The van der Waals surface area contributed by atoms with Gasteiger partial charge in [0.2, 0.25) is 0 Å². The minimum absolute atomic E-state index is 0.186. The molecule has 2 heterocycles. The van der Waals surface area contributed by atoms with Crippen LogP contribution in [0.1, 0.15) is 40.9 Å². The summed E-state index contributed by atoms with van der Waals surface area (Å²) in [6.07, 6.45) is 2.72. The van der Waals surface area contributed by atoms with E-state index >= 15 is 0 Å². The SMILES string of the molecule is Cn1nc(-c2cccc(Cl)c2)c(C(=O)N2CC[C@H](C(=O)O)C2)c1CCCCOCc1cccc(Cl)c1. The lowest BCUT2D eigenvalue weighted by atomic mass is 10.0. The number of likely N-dealkylation sites (tertiary alicyclic amines) is 1. The van der Waals surface area contributed by atoms with Gasteiger partial charge < -0.3 is 14.7 Å². The minimum atomic E-state index is -0.871. The molecule has 1 atom stereocenters. The number of carboxylic acids is 1. The number of carboxylic acid groups (broad SMARTS) is 1. The summed E-state index contributed by atoms with van der Waals surface area (Å²) in [4.78, 5) is 26.7. The second-order valence-electron chi connectivity index (χ2n) is 9.02. The van der Waals surface area contributed by atoms with Gasteiger partial charge >= 0.3 is 5.97 Å². The molecule has 1 amide bonds.